The molecule has 2 nitrogen and oxygen atoms in total. The first-order valence-corrected chi connectivity index (χ1v) is 2.67. The van der Waals surface area contributed by atoms with Crippen molar-refractivity contribution >= 4 is 17.4 Å². The average molecular weight is 214 g/mol. The molecule has 0 fully saturated rings. The molecule has 0 atom stereocenters. The van der Waals surface area contributed by atoms with Crippen molar-refractivity contribution in [1.82, 2.24) is 4.37 Å². The van der Waals surface area contributed by atoms with Crippen LogP contribution >= 0.6 is 11.5 Å². The van der Waals surface area contributed by atoms with Gasteiger partial charge in [-0.3, -0.25) is 0 Å². The normalized spacial score (nSPS) is 8.12. The van der Waals surface area contributed by atoms with E-state index in [2.05, 4.69) is 10.4 Å². The average Bonchev–Trinajstić information content (AvgIpc) is 1.87. The SMILES string of the molecule is Cc1[c-]c(N)ns1.[Ru+]. The van der Waals surface area contributed by atoms with Gasteiger partial charge in [-0.15, -0.1) is 0 Å². The number of hydrogen-bond acceptors (Lipinski definition) is 3. The maximum Gasteiger partial charge on any atom is 1.00 e. The molecule has 1 aromatic heterocycles. The van der Waals surface area contributed by atoms with Crippen molar-refractivity contribution in [3.05, 3.63) is 10.9 Å². The molecule has 0 aliphatic carbocycles. The predicted octanol–water partition coefficient (Wildman–Crippen LogP) is 0.831. The standard InChI is InChI=1S/C4H5N2S.Ru/c1-3-2-4(5)6-7-3;/h1H3,(H2,5,6);/q-1;+1. The minimum atomic E-state index is 0. The van der Waals surface area contributed by atoms with Crippen molar-refractivity contribution in [2.75, 3.05) is 5.73 Å². The topological polar surface area (TPSA) is 38.9 Å². The fourth-order valence-corrected chi connectivity index (χ4v) is 0.775. The van der Waals surface area contributed by atoms with Crippen molar-refractivity contribution in [3.63, 3.8) is 0 Å². The third kappa shape index (κ3) is 1.89. The number of nitrogens with zero attached hydrogens (tertiary/aromatic N) is 1. The van der Waals surface area contributed by atoms with E-state index < -0.39 is 0 Å². The van der Waals surface area contributed by atoms with E-state index in [1.165, 1.54) is 11.5 Å². The van der Waals surface area contributed by atoms with Gasteiger partial charge in [0.05, 0.1) is 0 Å². The Morgan fingerprint density at radius 3 is 2.50 bits per heavy atom. The Labute approximate surface area is 65.0 Å². The largest absolute Gasteiger partial charge is 1.00 e. The zero-order valence-electron chi connectivity index (χ0n) is 4.29. The van der Waals surface area contributed by atoms with Crippen LogP contribution in [0.5, 0.6) is 0 Å². The van der Waals surface area contributed by atoms with E-state index in [0.717, 1.165) is 4.88 Å². The van der Waals surface area contributed by atoms with E-state index in [9.17, 15) is 0 Å². The molecular weight excluding hydrogens is 209 g/mol. The van der Waals surface area contributed by atoms with Gasteiger partial charge in [0.25, 0.3) is 0 Å². The van der Waals surface area contributed by atoms with Crippen LogP contribution in [0.25, 0.3) is 0 Å². The molecule has 0 aromatic carbocycles. The number of rotatable bonds is 0. The van der Waals surface area contributed by atoms with Crippen molar-refractivity contribution in [2.45, 2.75) is 6.92 Å². The molecule has 1 rings (SSSR count). The molecule has 1 radical (unpaired) electrons. The Morgan fingerprint density at radius 2 is 2.38 bits per heavy atom. The van der Waals surface area contributed by atoms with E-state index in [-0.39, 0.29) is 19.5 Å². The number of nitrogens with two attached hydrogens (primary N) is 1. The van der Waals surface area contributed by atoms with Crippen LogP contribution < -0.4 is 5.73 Å². The zero-order valence-corrected chi connectivity index (χ0v) is 6.84. The predicted molar refractivity (Wildman–Crippen MR) is 30.1 cm³/mol. The molecule has 0 saturated carbocycles. The van der Waals surface area contributed by atoms with Gasteiger partial charge in [0, 0.05) is 0 Å². The molecule has 0 bridgehead atoms. The van der Waals surface area contributed by atoms with Gasteiger partial charge in [0.15, 0.2) is 0 Å². The summed E-state index contributed by atoms with van der Waals surface area (Å²) in [6, 6.07) is 2.82. The summed E-state index contributed by atoms with van der Waals surface area (Å²) in [6.45, 7) is 1.92. The van der Waals surface area contributed by atoms with Crippen molar-refractivity contribution in [1.29, 1.82) is 0 Å². The fraction of sp³-hybridized carbons (Fsp3) is 0.250. The molecule has 0 saturated heterocycles. The van der Waals surface area contributed by atoms with Crippen LogP contribution in [0.1, 0.15) is 4.88 Å². The van der Waals surface area contributed by atoms with Crippen LogP contribution in [-0.2, 0) is 19.5 Å². The molecule has 1 aromatic rings. The molecule has 0 aliphatic rings. The number of aryl methyl sites for hydroxylation is 1. The summed E-state index contributed by atoms with van der Waals surface area (Å²) in [6.07, 6.45) is 0. The van der Waals surface area contributed by atoms with Gasteiger partial charge in [-0.05, 0) is 5.82 Å². The van der Waals surface area contributed by atoms with Gasteiger partial charge in [0.2, 0.25) is 0 Å². The van der Waals surface area contributed by atoms with E-state index in [1.807, 2.05) is 6.92 Å². The molecule has 4 heteroatoms. The second kappa shape index (κ2) is 3.15. The molecule has 1 heterocycles. The summed E-state index contributed by atoms with van der Waals surface area (Å²) in [4.78, 5) is 1.04. The summed E-state index contributed by atoms with van der Waals surface area (Å²) in [5.41, 5.74) is 5.22. The second-order valence-corrected chi connectivity index (χ2v) is 2.23. The first-order chi connectivity index (χ1) is 3.29. The molecule has 0 spiro atoms. The fourth-order valence-electron chi connectivity index (χ4n) is 0.344. The first-order valence-electron chi connectivity index (χ1n) is 1.90. The molecule has 0 amide bonds. The van der Waals surface area contributed by atoms with Gasteiger partial charge in [0.1, 0.15) is 0 Å². The molecule has 0 unspecified atom stereocenters. The third-order valence-electron chi connectivity index (χ3n) is 0.585. The molecule has 2 N–H and O–H groups in total. The van der Waals surface area contributed by atoms with Crippen LogP contribution in [0.2, 0.25) is 0 Å². The molecule has 45 valence electrons. The maximum absolute atomic E-state index is 5.22. The monoisotopic (exact) mass is 215 g/mol. The van der Waals surface area contributed by atoms with Crippen LogP contribution in [0.4, 0.5) is 5.82 Å². The van der Waals surface area contributed by atoms with Gasteiger partial charge < -0.3 is 11.8 Å². The van der Waals surface area contributed by atoms with Gasteiger partial charge in [-0.25, -0.2) is 4.37 Å². The Kier molecular flexibility index (Phi) is 3.17. The molecule has 8 heavy (non-hydrogen) atoms. The molecule has 0 aliphatic heterocycles. The summed E-state index contributed by atoms with van der Waals surface area (Å²) in [5, 5.41) is 0. The van der Waals surface area contributed by atoms with Crippen LogP contribution in [0, 0.1) is 13.0 Å². The minimum absolute atomic E-state index is 0. The van der Waals surface area contributed by atoms with Gasteiger partial charge in [-0.2, -0.15) is 4.88 Å². The smallest absolute Gasteiger partial charge is 0.412 e. The molecular formula is C4H5N2RuS. The maximum atomic E-state index is 5.22. The van der Waals surface area contributed by atoms with Crippen molar-refractivity contribution in [3.8, 4) is 0 Å². The quantitative estimate of drug-likeness (QED) is 0.513. The third-order valence-corrected chi connectivity index (χ3v) is 1.25. The Hall–Kier alpha value is 0.0534. The number of aromatic nitrogens is 1. The summed E-state index contributed by atoms with van der Waals surface area (Å²) >= 11 is 1.37. The van der Waals surface area contributed by atoms with Crippen molar-refractivity contribution in [2.24, 2.45) is 0 Å². The van der Waals surface area contributed by atoms with E-state index in [4.69, 9.17) is 5.73 Å². The minimum Gasteiger partial charge on any atom is -0.412 e. The van der Waals surface area contributed by atoms with Gasteiger partial charge >= 0.3 is 19.5 Å². The van der Waals surface area contributed by atoms with Crippen LogP contribution in [0.3, 0.4) is 0 Å². The van der Waals surface area contributed by atoms with Crippen molar-refractivity contribution < 1.29 is 19.5 Å². The summed E-state index contributed by atoms with van der Waals surface area (Å²) < 4.78 is 3.78. The Morgan fingerprint density at radius 1 is 1.75 bits per heavy atom. The first kappa shape index (κ1) is 8.05. The summed E-state index contributed by atoms with van der Waals surface area (Å²) in [7, 11) is 0. The van der Waals surface area contributed by atoms with E-state index in [0.29, 0.717) is 5.82 Å². The van der Waals surface area contributed by atoms with Gasteiger partial charge in [-0.1, -0.05) is 18.5 Å². The van der Waals surface area contributed by atoms with E-state index in [1.54, 1.807) is 0 Å². The van der Waals surface area contributed by atoms with Crippen LogP contribution in [0.15, 0.2) is 0 Å². The number of nitrogen functional groups attached to an aromatic ring is 1. The van der Waals surface area contributed by atoms with Crippen LogP contribution in [-0.4, -0.2) is 4.37 Å². The Balaban J connectivity index is 0.000000490. The number of hydrogen-bond donors (Lipinski definition) is 1. The summed E-state index contributed by atoms with van der Waals surface area (Å²) in [5.74, 6) is 0.502. The number of anilines is 1. The second-order valence-electron chi connectivity index (χ2n) is 1.25. The Bertz CT molecular complexity index is 146. The van der Waals surface area contributed by atoms with E-state index >= 15 is 0 Å². The zero-order chi connectivity index (χ0) is 5.28.